The Morgan fingerprint density at radius 3 is 2.33 bits per heavy atom. The van der Waals surface area contributed by atoms with Crippen molar-refractivity contribution in [2.75, 3.05) is 34.4 Å². The van der Waals surface area contributed by atoms with Crippen LogP contribution < -0.4 is 10.5 Å². The number of rotatable bonds is 7. The molecule has 0 aromatic heterocycles. The Balaban J connectivity index is 0.00000529. The number of sulfonamides is 1. The lowest BCUT2D eigenvalue weighted by atomic mass is 9.94. The molecule has 0 atom stereocenters. The summed E-state index contributed by atoms with van der Waals surface area (Å²) in [6.45, 7) is 4.41. The van der Waals surface area contributed by atoms with E-state index in [0.717, 1.165) is 0 Å². The quantitative estimate of drug-likeness (QED) is 0.720. The summed E-state index contributed by atoms with van der Waals surface area (Å²) in [6.07, 6.45) is 0. The summed E-state index contributed by atoms with van der Waals surface area (Å²) in [6, 6.07) is 4.04. The van der Waals surface area contributed by atoms with Crippen molar-refractivity contribution in [3.8, 4) is 5.75 Å². The maximum absolute atomic E-state index is 12.7. The molecule has 0 aliphatic carbocycles. The summed E-state index contributed by atoms with van der Waals surface area (Å²) in [7, 11) is 0.381. The number of benzene rings is 1. The largest absolute Gasteiger partial charge is 0.496 e. The van der Waals surface area contributed by atoms with Crippen molar-refractivity contribution in [1.29, 1.82) is 0 Å². The lowest BCUT2D eigenvalue weighted by Crippen LogP contribution is -2.39. The van der Waals surface area contributed by atoms with Crippen molar-refractivity contribution in [1.82, 2.24) is 4.31 Å². The van der Waals surface area contributed by atoms with E-state index in [1.54, 1.807) is 0 Å². The zero-order valence-corrected chi connectivity index (χ0v) is 16.2. The average molecular weight is 381 g/mol. The molecule has 9 heteroatoms. The van der Waals surface area contributed by atoms with Gasteiger partial charge in [0.1, 0.15) is 11.3 Å². The van der Waals surface area contributed by atoms with Gasteiger partial charge in [-0.05, 0) is 24.1 Å². The molecule has 0 aliphatic rings. The first-order chi connectivity index (χ1) is 10.6. The Hall–Kier alpha value is -1.35. The van der Waals surface area contributed by atoms with Crippen LogP contribution in [0, 0.1) is 5.41 Å². The minimum absolute atomic E-state index is 0. The number of nitrogens with two attached hydrogens (primary N) is 1. The highest BCUT2D eigenvalue weighted by Crippen LogP contribution is 2.26. The minimum Gasteiger partial charge on any atom is -0.496 e. The smallest absolute Gasteiger partial charge is 0.341 e. The van der Waals surface area contributed by atoms with E-state index in [2.05, 4.69) is 4.74 Å². The van der Waals surface area contributed by atoms with E-state index in [-0.39, 0.29) is 40.6 Å². The molecule has 0 bridgehead atoms. The standard InChI is InChI=1S/C15H24N2O5S.ClH/c1-15(2,9-16)10-17(3)23(19,20)11-6-7-12(14(18)22-5)13(8-11)21-4;/h6-8H,9-10,16H2,1-5H3;1H. The minimum atomic E-state index is -3.72. The molecular weight excluding hydrogens is 356 g/mol. The molecule has 0 saturated heterocycles. The van der Waals surface area contributed by atoms with Gasteiger partial charge in [-0.2, -0.15) is 0 Å². The predicted molar refractivity (Wildman–Crippen MR) is 94.2 cm³/mol. The second-order valence-electron chi connectivity index (χ2n) is 5.98. The number of hydrogen-bond acceptors (Lipinski definition) is 6. The molecule has 0 fully saturated rings. The van der Waals surface area contributed by atoms with E-state index in [1.165, 1.54) is 43.8 Å². The Morgan fingerprint density at radius 2 is 1.88 bits per heavy atom. The van der Waals surface area contributed by atoms with Crippen molar-refractivity contribution in [3.63, 3.8) is 0 Å². The summed E-state index contributed by atoms with van der Waals surface area (Å²) >= 11 is 0. The summed E-state index contributed by atoms with van der Waals surface area (Å²) in [5.41, 5.74) is 5.47. The van der Waals surface area contributed by atoms with Crippen LogP contribution in [0.1, 0.15) is 24.2 Å². The van der Waals surface area contributed by atoms with Crippen molar-refractivity contribution in [3.05, 3.63) is 23.8 Å². The molecule has 2 N–H and O–H groups in total. The maximum Gasteiger partial charge on any atom is 0.341 e. The zero-order valence-electron chi connectivity index (χ0n) is 14.5. The third kappa shape index (κ3) is 5.07. The van der Waals surface area contributed by atoms with E-state index in [1.807, 2.05) is 13.8 Å². The van der Waals surface area contributed by atoms with Gasteiger partial charge in [0.05, 0.1) is 19.1 Å². The lowest BCUT2D eigenvalue weighted by molar-refractivity contribution is 0.0597. The van der Waals surface area contributed by atoms with Crippen LogP contribution in [0.25, 0.3) is 0 Å². The van der Waals surface area contributed by atoms with E-state index in [9.17, 15) is 13.2 Å². The van der Waals surface area contributed by atoms with Crippen molar-refractivity contribution < 1.29 is 22.7 Å². The molecule has 0 amide bonds. The topological polar surface area (TPSA) is 98.9 Å². The number of carbonyl (C=O) groups is 1. The Labute approximate surface area is 149 Å². The van der Waals surface area contributed by atoms with Crippen LogP contribution in [0.4, 0.5) is 0 Å². The highest BCUT2D eigenvalue weighted by Gasteiger charge is 2.28. The van der Waals surface area contributed by atoms with Crippen LogP contribution >= 0.6 is 12.4 Å². The van der Waals surface area contributed by atoms with Gasteiger partial charge in [0.2, 0.25) is 10.0 Å². The van der Waals surface area contributed by atoms with Gasteiger partial charge in [0.25, 0.3) is 0 Å². The molecule has 1 aromatic carbocycles. The molecule has 0 spiro atoms. The van der Waals surface area contributed by atoms with Crippen LogP contribution in [0.15, 0.2) is 23.1 Å². The molecule has 1 rings (SSSR count). The molecule has 0 heterocycles. The SMILES string of the molecule is COC(=O)c1ccc(S(=O)(=O)N(C)CC(C)(C)CN)cc1OC.Cl. The van der Waals surface area contributed by atoms with Gasteiger partial charge in [-0.3, -0.25) is 0 Å². The molecule has 0 radical (unpaired) electrons. The van der Waals surface area contributed by atoms with Gasteiger partial charge in [0, 0.05) is 19.7 Å². The number of ether oxygens (including phenoxy) is 2. The normalized spacial score (nSPS) is 11.8. The summed E-state index contributed by atoms with van der Waals surface area (Å²) < 4.78 is 36.3. The first-order valence-corrected chi connectivity index (χ1v) is 8.46. The Bertz CT molecular complexity index is 676. The van der Waals surface area contributed by atoms with Gasteiger partial charge in [-0.25, -0.2) is 17.5 Å². The van der Waals surface area contributed by atoms with Gasteiger partial charge in [0.15, 0.2) is 0 Å². The Kier molecular flexibility index (Phi) is 8.17. The van der Waals surface area contributed by atoms with Crippen LogP contribution in [0.5, 0.6) is 5.75 Å². The fraction of sp³-hybridized carbons (Fsp3) is 0.533. The van der Waals surface area contributed by atoms with Crippen molar-refractivity contribution in [2.45, 2.75) is 18.7 Å². The number of hydrogen-bond donors (Lipinski definition) is 1. The van der Waals surface area contributed by atoms with Crippen LogP contribution in [-0.4, -0.2) is 53.0 Å². The molecule has 24 heavy (non-hydrogen) atoms. The molecule has 0 saturated carbocycles. The summed E-state index contributed by atoms with van der Waals surface area (Å²) in [5.74, 6) is -0.451. The van der Waals surface area contributed by atoms with Crippen LogP contribution in [-0.2, 0) is 14.8 Å². The van der Waals surface area contributed by atoms with Gasteiger partial charge in [-0.1, -0.05) is 13.8 Å². The maximum atomic E-state index is 12.7. The lowest BCUT2D eigenvalue weighted by Gasteiger charge is -2.28. The Morgan fingerprint density at radius 1 is 1.29 bits per heavy atom. The van der Waals surface area contributed by atoms with Crippen LogP contribution in [0.3, 0.4) is 0 Å². The van der Waals surface area contributed by atoms with Gasteiger partial charge < -0.3 is 15.2 Å². The first-order valence-electron chi connectivity index (χ1n) is 7.02. The molecule has 1 aromatic rings. The fourth-order valence-corrected chi connectivity index (χ4v) is 3.42. The van der Waals surface area contributed by atoms with Crippen LogP contribution in [0.2, 0.25) is 0 Å². The summed E-state index contributed by atoms with van der Waals surface area (Å²) in [4.78, 5) is 11.7. The molecule has 0 unspecified atom stereocenters. The van der Waals surface area contributed by atoms with E-state index < -0.39 is 16.0 Å². The highest BCUT2D eigenvalue weighted by atomic mass is 35.5. The second kappa shape index (κ2) is 8.66. The number of halogens is 1. The number of carbonyl (C=O) groups excluding carboxylic acids is 1. The molecule has 138 valence electrons. The van der Waals surface area contributed by atoms with Gasteiger partial charge in [-0.15, -0.1) is 12.4 Å². The average Bonchev–Trinajstić information content (AvgIpc) is 2.52. The molecule has 0 aliphatic heterocycles. The first kappa shape index (κ1) is 22.6. The van der Waals surface area contributed by atoms with Crippen molar-refractivity contribution in [2.24, 2.45) is 11.1 Å². The monoisotopic (exact) mass is 380 g/mol. The molecular formula is C15H25ClN2O5S. The summed E-state index contributed by atoms with van der Waals surface area (Å²) in [5, 5.41) is 0. The highest BCUT2D eigenvalue weighted by molar-refractivity contribution is 7.89. The number of esters is 1. The molecule has 7 nitrogen and oxygen atoms in total. The van der Waals surface area contributed by atoms with E-state index >= 15 is 0 Å². The van der Waals surface area contributed by atoms with E-state index in [4.69, 9.17) is 10.5 Å². The third-order valence-electron chi connectivity index (χ3n) is 3.49. The fourth-order valence-electron chi connectivity index (χ4n) is 2.04. The number of methoxy groups -OCH3 is 2. The zero-order chi connectivity index (χ0) is 17.8. The second-order valence-corrected chi connectivity index (χ2v) is 8.03. The van der Waals surface area contributed by atoms with Crippen molar-refractivity contribution >= 4 is 28.4 Å². The predicted octanol–water partition coefficient (Wildman–Crippen LogP) is 1.51. The van der Waals surface area contributed by atoms with E-state index in [0.29, 0.717) is 6.54 Å². The van der Waals surface area contributed by atoms with Gasteiger partial charge >= 0.3 is 5.97 Å². The number of nitrogens with zero attached hydrogens (tertiary/aromatic N) is 1. The third-order valence-corrected chi connectivity index (χ3v) is 5.29.